The summed E-state index contributed by atoms with van der Waals surface area (Å²) in [6.07, 6.45) is 2.35. The van der Waals surface area contributed by atoms with Crippen LogP contribution < -0.4 is 0 Å². The quantitative estimate of drug-likeness (QED) is 0.788. The van der Waals surface area contributed by atoms with Crippen molar-refractivity contribution in [3.8, 4) is 0 Å². The van der Waals surface area contributed by atoms with E-state index in [9.17, 15) is 23.1 Å². The molecule has 2 heterocycles. The first kappa shape index (κ1) is 19.8. The van der Waals surface area contributed by atoms with Gasteiger partial charge in [0.2, 0.25) is 15.9 Å². The van der Waals surface area contributed by atoms with Crippen molar-refractivity contribution in [1.29, 1.82) is 0 Å². The molecule has 3 rings (SSSR count). The number of carboxylic acids is 1. The van der Waals surface area contributed by atoms with Gasteiger partial charge in [-0.05, 0) is 33.1 Å². The van der Waals surface area contributed by atoms with Crippen molar-refractivity contribution in [2.24, 2.45) is 5.41 Å². The summed E-state index contributed by atoms with van der Waals surface area (Å²) in [5.41, 5.74) is -0.621. The molecule has 1 aliphatic heterocycles. The standard InChI is InChI=1S/C17H25N3O6S/c1-12-15(13(2)26-18-12)27(24,25)20-8-4-7-19(9-10-20)14(21)11-17(16(22)23)5-3-6-17/h3-11H2,1-2H3,(H,22,23). The average molecular weight is 399 g/mol. The Hall–Kier alpha value is -1.94. The molecule has 27 heavy (non-hydrogen) atoms. The molecule has 0 spiro atoms. The Bertz CT molecular complexity index is 823. The number of aromatic nitrogens is 1. The second-order valence-electron chi connectivity index (χ2n) is 7.41. The number of aryl methyl sites for hydroxylation is 2. The molecule has 1 aliphatic carbocycles. The second-order valence-corrected chi connectivity index (χ2v) is 9.28. The molecule has 1 saturated carbocycles. The summed E-state index contributed by atoms with van der Waals surface area (Å²) < 4.78 is 32.2. The first-order valence-corrected chi connectivity index (χ1v) is 10.6. The fourth-order valence-corrected chi connectivity index (χ4v) is 5.59. The van der Waals surface area contributed by atoms with Gasteiger partial charge in [0.15, 0.2) is 5.76 Å². The van der Waals surface area contributed by atoms with Crippen LogP contribution in [0, 0.1) is 19.3 Å². The molecule has 1 aromatic heterocycles. The molecule has 0 atom stereocenters. The third-order valence-electron chi connectivity index (χ3n) is 5.63. The van der Waals surface area contributed by atoms with Crippen molar-refractivity contribution >= 4 is 21.9 Å². The summed E-state index contributed by atoms with van der Waals surface area (Å²) in [5, 5.41) is 13.1. The fourth-order valence-electron chi connectivity index (χ4n) is 3.83. The van der Waals surface area contributed by atoms with Gasteiger partial charge in [-0.3, -0.25) is 9.59 Å². The van der Waals surface area contributed by atoms with Gasteiger partial charge in [-0.1, -0.05) is 11.6 Å². The first-order valence-electron chi connectivity index (χ1n) is 9.11. The van der Waals surface area contributed by atoms with E-state index in [2.05, 4.69) is 5.16 Å². The highest BCUT2D eigenvalue weighted by Gasteiger charge is 2.46. The molecule has 2 aliphatic rings. The van der Waals surface area contributed by atoms with Crippen LogP contribution in [0.25, 0.3) is 0 Å². The highest BCUT2D eigenvalue weighted by Crippen LogP contribution is 2.44. The number of sulfonamides is 1. The average Bonchev–Trinajstić information content (AvgIpc) is 2.77. The molecule has 150 valence electrons. The molecule has 1 saturated heterocycles. The number of rotatable bonds is 5. The van der Waals surface area contributed by atoms with Gasteiger partial charge < -0.3 is 14.5 Å². The SMILES string of the molecule is Cc1noc(C)c1S(=O)(=O)N1CCCN(C(=O)CC2(C(=O)O)CCC2)CC1. The van der Waals surface area contributed by atoms with Crippen molar-refractivity contribution in [2.45, 2.75) is 50.8 Å². The molecule has 1 N–H and O–H groups in total. The van der Waals surface area contributed by atoms with Crippen LogP contribution in [-0.4, -0.2) is 65.9 Å². The summed E-state index contributed by atoms with van der Waals surface area (Å²) in [6.45, 7) is 4.27. The molecule has 0 aromatic carbocycles. The number of nitrogens with zero attached hydrogens (tertiary/aromatic N) is 3. The Labute approximate surface area is 158 Å². The number of carbonyl (C=O) groups is 2. The molecule has 0 bridgehead atoms. The van der Waals surface area contributed by atoms with Crippen molar-refractivity contribution in [1.82, 2.24) is 14.4 Å². The van der Waals surface area contributed by atoms with Crippen LogP contribution in [0.2, 0.25) is 0 Å². The monoisotopic (exact) mass is 399 g/mol. The molecule has 9 nitrogen and oxygen atoms in total. The number of carbonyl (C=O) groups excluding carboxylic acids is 1. The predicted octanol–water partition coefficient (Wildman–Crippen LogP) is 1.16. The maximum absolute atomic E-state index is 12.9. The van der Waals surface area contributed by atoms with E-state index in [1.807, 2.05) is 0 Å². The molecule has 1 aromatic rings. The largest absolute Gasteiger partial charge is 0.481 e. The van der Waals surface area contributed by atoms with Gasteiger partial charge in [0, 0.05) is 32.6 Å². The van der Waals surface area contributed by atoms with E-state index in [0.717, 1.165) is 6.42 Å². The lowest BCUT2D eigenvalue weighted by Crippen LogP contribution is -2.45. The van der Waals surface area contributed by atoms with Crippen LogP contribution in [0.3, 0.4) is 0 Å². The topological polar surface area (TPSA) is 121 Å². The van der Waals surface area contributed by atoms with Gasteiger partial charge in [0.25, 0.3) is 0 Å². The van der Waals surface area contributed by atoms with Crippen LogP contribution >= 0.6 is 0 Å². The molecule has 1 amide bonds. The Morgan fingerprint density at radius 2 is 1.85 bits per heavy atom. The summed E-state index contributed by atoms with van der Waals surface area (Å²) in [4.78, 5) is 25.8. The third-order valence-corrected chi connectivity index (χ3v) is 7.77. The molecular weight excluding hydrogens is 374 g/mol. The zero-order valence-corrected chi connectivity index (χ0v) is 16.4. The fraction of sp³-hybridized carbons (Fsp3) is 0.706. The summed E-state index contributed by atoms with van der Waals surface area (Å²) in [5.74, 6) is -0.883. The maximum atomic E-state index is 12.9. The number of hydrogen-bond donors (Lipinski definition) is 1. The zero-order chi connectivity index (χ0) is 19.8. The van der Waals surface area contributed by atoms with E-state index < -0.39 is 21.4 Å². The van der Waals surface area contributed by atoms with Gasteiger partial charge >= 0.3 is 5.97 Å². The number of aliphatic carboxylic acids is 1. The molecule has 2 fully saturated rings. The van der Waals surface area contributed by atoms with Crippen LogP contribution in [-0.2, 0) is 19.6 Å². The lowest BCUT2D eigenvalue weighted by molar-refractivity contribution is -0.159. The van der Waals surface area contributed by atoms with Crippen LogP contribution in [0.4, 0.5) is 0 Å². The summed E-state index contributed by atoms with van der Waals surface area (Å²) in [7, 11) is -3.75. The highest BCUT2D eigenvalue weighted by atomic mass is 32.2. The molecule has 0 unspecified atom stereocenters. The number of carboxylic acid groups (broad SMARTS) is 1. The Balaban J connectivity index is 1.69. The highest BCUT2D eigenvalue weighted by molar-refractivity contribution is 7.89. The van der Waals surface area contributed by atoms with Crippen molar-refractivity contribution in [3.05, 3.63) is 11.5 Å². The van der Waals surface area contributed by atoms with Gasteiger partial charge in [0.05, 0.1) is 5.41 Å². The Kier molecular flexibility index (Phi) is 5.31. The van der Waals surface area contributed by atoms with Crippen LogP contribution in [0.1, 0.15) is 43.6 Å². The van der Waals surface area contributed by atoms with Crippen molar-refractivity contribution in [3.63, 3.8) is 0 Å². The van der Waals surface area contributed by atoms with Gasteiger partial charge in [-0.2, -0.15) is 4.31 Å². The number of amides is 1. The Morgan fingerprint density at radius 3 is 2.37 bits per heavy atom. The second kappa shape index (κ2) is 7.23. The van der Waals surface area contributed by atoms with E-state index in [0.29, 0.717) is 38.0 Å². The minimum absolute atomic E-state index is 0.0149. The zero-order valence-electron chi connectivity index (χ0n) is 15.6. The predicted molar refractivity (Wildman–Crippen MR) is 94.5 cm³/mol. The van der Waals surface area contributed by atoms with E-state index in [1.54, 1.807) is 18.7 Å². The van der Waals surface area contributed by atoms with Crippen LogP contribution in [0.15, 0.2) is 9.42 Å². The minimum atomic E-state index is -3.75. The minimum Gasteiger partial charge on any atom is -0.481 e. The molecule has 0 radical (unpaired) electrons. The number of hydrogen-bond acceptors (Lipinski definition) is 6. The summed E-state index contributed by atoms with van der Waals surface area (Å²) >= 11 is 0. The maximum Gasteiger partial charge on any atom is 0.310 e. The van der Waals surface area contributed by atoms with Crippen molar-refractivity contribution in [2.75, 3.05) is 26.2 Å². The Morgan fingerprint density at radius 1 is 1.15 bits per heavy atom. The molecular formula is C17H25N3O6S. The first-order chi connectivity index (χ1) is 12.7. The van der Waals surface area contributed by atoms with E-state index >= 15 is 0 Å². The lowest BCUT2D eigenvalue weighted by Gasteiger charge is -2.38. The van der Waals surface area contributed by atoms with Crippen molar-refractivity contribution < 1.29 is 27.6 Å². The van der Waals surface area contributed by atoms with E-state index in [4.69, 9.17) is 4.52 Å². The van der Waals surface area contributed by atoms with Gasteiger partial charge in [-0.15, -0.1) is 0 Å². The van der Waals surface area contributed by atoms with Crippen LogP contribution in [0.5, 0.6) is 0 Å². The van der Waals surface area contributed by atoms with Gasteiger partial charge in [0.1, 0.15) is 10.6 Å². The smallest absolute Gasteiger partial charge is 0.310 e. The molecule has 10 heteroatoms. The van der Waals surface area contributed by atoms with Gasteiger partial charge in [-0.25, -0.2) is 8.42 Å². The van der Waals surface area contributed by atoms with E-state index in [-0.39, 0.29) is 36.1 Å². The normalized spacial score (nSPS) is 20.7. The summed E-state index contributed by atoms with van der Waals surface area (Å²) in [6, 6.07) is 0. The third kappa shape index (κ3) is 3.60. The van der Waals surface area contributed by atoms with E-state index in [1.165, 1.54) is 4.31 Å². The lowest BCUT2D eigenvalue weighted by atomic mass is 9.66.